The lowest BCUT2D eigenvalue weighted by molar-refractivity contribution is -0.145. The molecule has 0 bridgehead atoms. The van der Waals surface area contributed by atoms with Gasteiger partial charge in [0.05, 0.1) is 25.5 Å². The highest BCUT2D eigenvalue weighted by Gasteiger charge is 2.43. The average molecular weight is 1480 g/mol. The van der Waals surface area contributed by atoms with Crippen LogP contribution in [0.2, 0.25) is 0 Å². The van der Waals surface area contributed by atoms with E-state index in [4.69, 9.17) is 44.3 Å². The van der Waals surface area contributed by atoms with E-state index < -0.39 is 157 Å². The number of aromatic nitrogens is 2. The molecule has 11 amide bonds. The number of aromatic amines is 1. The molecule has 578 valence electrons. The monoisotopic (exact) mass is 1480 g/mol. The third kappa shape index (κ3) is 29.6. The van der Waals surface area contributed by atoms with Crippen LogP contribution in [0.3, 0.4) is 0 Å². The van der Waals surface area contributed by atoms with Crippen LogP contribution in [0.25, 0.3) is 0 Å². The van der Waals surface area contributed by atoms with Gasteiger partial charge < -0.3 is 112 Å². The molecule has 0 spiro atoms. The standard InChI is InChI=1S/C64H103N21O14S.C2H4O2/c1-37(2)30-44(79-53(89)42(18-10-25-73-64(69)70)77-58(94)49-20-12-27-84(49)60(96)40(66)16-9-24-72-63(67)68)54(90)82-47(35-86)56(92)80-45(32-39-33-71-36-75-39)55(91)76-41(17-7-8-23-65)52(88)74-34-51(87)83-26-11-19-48(83)57(93)78-43(22-29-100-3)61(97)85-28-13-21-50(85)59(95)81-46(62(98)99)31-38-14-5-4-6-15-38;1-2(3)4/h4-6,14-15,33,36-37,40-50,86H,7-13,16-32,34-35,65-66H2,1-3H3,(H,71,75)(H,74,88)(H,76,91)(H,77,94)(H,78,93)(H,79,89)(H,80,92)(H,81,95)(H,82,90)(H,98,99)(H4,67,68,72)(H4,69,70,73);1H3,(H,3,4)/t40-,41-,42-,43-,44-,45-,46-,47-,48-,49-,50-;/m0./s1. The number of imidazole rings is 1. The van der Waals surface area contributed by atoms with Gasteiger partial charge >= 0.3 is 5.97 Å². The van der Waals surface area contributed by atoms with E-state index in [0.717, 1.165) is 6.92 Å². The zero-order valence-corrected chi connectivity index (χ0v) is 60.4. The maximum absolute atomic E-state index is 14.4. The van der Waals surface area contributed by atoms with Crippen molar-refractivity contribution >= 4 is 101 Å². The molecule has 3 aliphatic heterocycles. The number of H-pyrrole nitrogens is 1. The van der Waals surface area contributed by atoms with Crippen molar-refractivity contribution in [3.05, 3.63) is 54.1 Å². The van der Waals surface area contributed by atoms with Gasteiger partial charge in [0.2, 0.25) is 65.0 Å². The van der Waals surface area contributed by atoms with Crippen LogP contribution in [0.5, 0.6) is 0 Å². The van der Waals surface area contributed by atoms with E-state index in [9.17, 15) is 67.7 Å². The molecule has 3 saturated heterocycles. The average Bonchev–Trinajstić information content (AvgIpc) is 1.44. The summed E-state index contributed by atoms with van der Waals surface area (Å²) in [6, 6.07) is -4.81. The minimum atomic E-state index is -1.73. The van der Waals surface area contributed by atoms with Gasteiger partial charge in [0.15, 0.2) is 11.9 Å². The van der Waals surface area contributed by atoms with E-state index in [1.807, 2.05) is 6.26 Å². The summed E-state index contributed by atoms with van der Waals surface area (Å²) in [7, 11) is 0. The van der Waals surface area contributed by atoms with Crippen LogP contribution in [-0.2, 0) is 75.2 Å². The third-order valence-corrected chi connectivity index (χ3v) is 17.9. The Kier molecular flexibility index (Phi) is 37.9. The van der Waals surface area contributed by atoms with Gasteiger partial charge in [-0.2, -0.15) is 11.8 Å². The van der Waals surface area contributed by atoms with Crippen LogP contribution in [0.1, 0.15) is 128 Å². The Labute approximate surface area is 608 Å². The topological polar surface area (TPSA) is 598 Å². The maximum Gasteiger partial charge on any atom is 0.326 e. The number of carbonyl (C=O) groups excluding carboxylic acids is 11. The molecule has 37 nitrogen and oxygen atoms in total. The van der Waals surface area contributed by atoms with Gasteiger partial charge in [-0.15, -0.1) is 0 Å². The number of nitrogens with one attached hydrogen (secondary N) is 9. The first-order chi connectivity index (χ1) is 49.5. The number of hydrogen-bond acceptors (Lipinski definition) is 20. The molecule has 38 heteroatoms. The molecule has 5 rings (SSSR count). The number of aliphatic hydroxyl groups excluding tert-OH is 1. The number of amides is 11. The zero-order valence-electron chi connectivity index (χ0n) is 59.6. The molecule has 4 heterocycles. The minimum Gasteiger partial charge on any atom is -0.481 e. The number of hydrogen-bond donors (Lipinski definition) is 18. The van der Waals surface area contributed by atoms with Crippen molar-refractivity contribution in [3.8, 4) is 0 Å². The van der Waals surface area contributed by atoms with Gasteiger partial charge in [-0.25, -0.2) is 9.78 Å². The molecule has 104 heavy (non-hydrogen) atoms. The first-order valence-corrected chi connectivity index (χ1v) is 36.3. The third-order valence-electron chi connectivity index (χ3n) is 17.3. The molecule has 1 aromatic carbocycles. The number of aliphatic hydroxyl groups is 1. The zero-order chi connectivity index (χ0) is 77.0. The highest BCUT2D eigenvalue weighted by molar-refractivity contribution is 7.98. The lowest BCUT2D eigenvalue weighted by atomic mass is 10.0. The SMILES string of the molecule is CC(=O)O.CSCC[C@H](NC(=O)[C@@H]1CCCN1C(=O)CNC(=O)[C@H](CCCCN)NC(=O)[C@H](Cc1cnc[nH]1)NC(=O)[C@H](CO)NC(=O)[C@H](CC(C)C)NC(=O)[C@H](CCCN=C(N)N)NC(=O)[C@@H]1CCCN1C(=O)[C@@H](N)CCCN=C(N)N)C(=O)N1CCC[C@H]1C(=O)N[C@@H](Cc1ccccc1)C(=O)O. The summed E-state index contributed by atoms with van der Waals surface area (Å²) in [6.07, 6.45) is 8.11. The van der Waals surface area contributed by atoms with Gasteiger partial charge in [-0.1, -0.05) is 44.2 Å². The highest BCUT2D eigenvalue weighted by atomic mass is 32.2. The number of unbranched alkanes of at least 4 members (excludes halogenated alkanes) is 1. The predicted molar refractivity (Wildman–Crippen MR) is 384 cm³/mol. The molecular weight excluding hydrogens is 1370 g/mol. The Balaban J connectivity index is 0.00000557. The van der Waals surface area contributed by atoms with Crippen molar-refractivity contribution in [2.45, 2.75) is 196 Å². The van der Waals surface area contributed by atoms with Crippen molar-refractivity contribution < 1.29 is 77.6 Å². The van der Waals surface area contributed by atoms with E-state index in [0.29, 0.717) is 55.5 Å². The number of likely N-dealkylation sites (tertiary alicyclic amines) is 3. The molecular formula is C66H107N21O16S. The lowest BCUT2D eigenvalue weighted by Gasteiger charge is -2.31. The largest absolute Gasteiger partial charge is 0.481 e. The van der Waals surface area contributed by atoms with Crippen LogP contribution in [0.4, 0.5) is 0 Å². The van der Waals surface area contributed by atoms with Crippen LogP contribution in [0.15, 0.2) is 52.8 Å². The Morgan fingerprint density at radius 1 is 0.596 bits per heavy atom. The molecule has 0 unspecified atom stereocenters. The van der Waals surface area contributed by atoms with Gasteiger partial charge in [0.1, 0.15) is 60.4 Å². The number of nitrogens with two attached hydrogens (primary N) is 6. The number of carbonyl (C=O) groups is 13. The quantitative estimate of drug-likeness (QED) is 0.0168. The second kappa shape index (κ2) is 45.4. The van der Waals surface area contributed by atoms with Crippen molar-refractivity contribution in [1.82, 2.24) is 67.2 Å². The summed E-state index contributed by atoms with van der Waals surface area (Å²) >= 11 is 1.43. The number of carboxylic acids is 2. The van der Waals surface area contributed by atoms with E-state index >= 15 is 0 Å². The molecule has 11 atom stereocenters. The minimum absolute atomic E-state index is 0.00231. The van der Waals surface area contributed by atoms with Crippen molar-refractivity contribution in [2.75, 3.05) is 64.4 Å². The van der Waals surface area contributed by atoms with E-state index in [2.05, 4.69) is 62.5 Å². The molecule has 0 radical (unpaired) electrons. The van der Waals surface area contributed by atoms with Crippen molar-refractivity contribution in [1.29, 1.82) is 0 Å². The second-order valence-electron chi connectivity index (χ2n) is 26.0. The molecule has 24 N–H and O–H groups in total. The fourth-order valence-electron chi connectivity index (χ4n) is 12.1. The van der Waals surface area contributed by atoms with Crippen LogP contribution < -0.4 is 76.9 Å². The Hall–Kier alpha value is -9.69. The van der Waals surface area contributed by atoms with Gasteiger partial charge in [-0.3, -0.25) is 67.5 Å². The van der Waals surface area contributed by atoms with Crippen molar-refractivity contribution in [3.63, 3.8) is 0 Å². The predicted octanol–water partition coefficient (Wildman–Crippen LogP) is -4.79. The Bertz CT molecular complexity index is 3230. The molecule has 1 aromatic heterocycles. The van der Waals surface area contributed by atoms with Crippen LogP contribution in [0, 0.1) is 5.92 Å². The molecule has 2 aromatic rings. The summed E-state index contributed by atoms with van der Waals surface area (Å²) in [5, 5.41) is 49.2. The number of carboxylic acid groups (broad SMARTS) is 2. The maximum atomic E-state index is 14.4. The van der Waals surface area contributed by atoms with Gasteiger partial charge in [-0.05, 0) is 126 Å². The normalized spacial score (nSPS) is 17.7. The number of aliphatic imine (C=N–C) groups is 2. The van der Waals surface area contributed by atoms with E-state index in [1.165, 1.54) is 39.0 Å². The van der Waals surface area contributed by atoms with Gasteiger partial charge in [0, 0.05) is 64.4 Å². The molecule has 0 aliphatic carbocycles. The Morgan fingerprint density at radius 3 is 1.62 bits per heavy atom. The van der Waals surface area contributed by atoms with Crippen LogP contribution in [-0.4, -0.2) is 260 Å². The summed E-state index contributed by atoms with van der Waals surface area (Å²) in [5.74, 6) is -10.3. The van der Waals surface area contributed by atoms with Gasteiger partial charge in [0.25, 0.3) is 5.97 Å². The number of nitrogens with zero attached hydrogens (tertiary/aromatic N) is 6. The first kappa shape index (κ1) is 86.7. The summed E-state index contributed by atoms with van der Waals surface area (Å²) in [6.45, 7) is 4.08. The molecule has 3 aliphatic rings. The number of guanidine groups is 2. The second-order valence-corrected chi connectivity index (χ2v) is 27.0. The van der Waals surface area contributed by atoms with Crippen LogP contribution >= 0.6 is 11.8 Å². The smallest absolute Gasteiger partial charge is 0.326 e. The van der Waals surface area contributed by atoms with Crippen molar-refractivity contribution in [2.24, 2.45) is 50.3 Å². The number of aliphatic carboxylic acids is 2. The van der Waals surface area contributed by atoms with E-state index in [1.54, 1.807) is 44.2 Å². The first-order valence-electron chi connectivity index (χ1n) is 34.9. The summed E-state index contributed by atoms with van der Waals surface area (Å²) < 4.78 is 0. The molecule has 0 saturated carbocycles. The summed E-state index contributed by atoms with van der Waals surface area (Å²) in [5.41, 5.74) is 35.0. The molecule has 3 fully saturated rings. The fourth-order valence-corrected chi connectivity index (χ4v) is 12.6. The summed E-state index contributed by atoms with van der Waals surface area (Å²) in [4.78, 5) is 195. The Morgan fingerprint density at radius 2 is 1.08 bits per heavy atom. The number of thioether (sulfide) groups is 1. The highest BCUT2D eigenvalue weighted by Crippen LogP contribution is 2.24. The fraction of sp³-hybridized carbons (Fsp3) is 0.636. The van der Waals surface area contributed by atoms with E-state index in [-0.39, 0.29) is 128 Å². The number of rotatable bonds is 42. The number of benzene rings is 1. The lowest BCUT2D eigenvalue weighted by Crippen LogP contribution is -2.61.